The van der Waals surface area contributed by atoms with Crippen molar-refractivity contribution in [3.05, 3.63) is 35.7 Å². The Morgan fingerprint density at radius 2 is 2.00 bits per heavy atom. The summed E-state index contributed by atoms with van der Waals surface area (Å²) in [5, 5.41) is 5.94. The largest absolute Gasteiger partial charge is 0.433 e. The Bertz CT molecular complexity index is 676. The summed E-state index contributed by atoms with van der Waals surface area (Å²) in [6, 6.07) is 3.94. The standard InChI is InChI=1S/C13H14F3N5O/c1-20(2)11-5-4-8(7-17-11)12(22)18-10-6-9(13(14,15)16)21(3)19-10/h4-7H,1-3H3,(H,18,19,22). The second kappa shape index (κ2) is 5.66. The molecule has 0 aliphatic heterocycles. The van der Waals surface area contributed by atoms with Crippen molar-refractivity contribution in [2.24, 2.45) is 7.05 Å². The lowest BCUT2D eigenvalue weighted by atomic mass is 10.2. The van der Waals surface area contributed by atoms with Gasteiger partial charge in [0.15, 0.2) is 5.82 Å². The molecule has 1 amide bonds. The summed E-state index contributed by atoms with van der Waals surface area (Å²) in [6.07, 6.45) is -3.18. The normalized spacial score (nSPS) is 11.4. The molecule has 0 fully saturated rings. The predicted molar refractivity (Wildman–Crippen MR) is 74.7 cm³/mol. The van der Waals surface area contributed by atoms with Crippen molar-refractivity contribution in [3.8, 4) is 0 Å². The third kappa shape index (κ3) is 3.35. The maximum Gasteiger partial charge on any atom is 0.433 e. The first-order valence-electron chi connectivity index (χ1n) is 6.24. The molecule has 0 saturated carbocycles. The molecule has 0 spiro atoms. The molecule has 0 aliphatic carbocycles. The van der Waals surface area contributed by atoms with Crippen molar-refractivity contribution in [2.75, 3.05) is 24.3 Å². The van der Waals surface area contributed by atoms with Crippen LogP contribution in [0.3, 0.4) is 0 Å². The van der Waals surface area contributed by atoms with E-state index in [1.807, 2.05) is 0 Å². The van der Waals surface area contributed by atoms with E-state index in [1.165, 1.54) is 12.3 Å². The number of amides is 1. The molecule has 1 N–H and O–H groups in total. The Morgan fingerprint density at radius 3 is 2.45 bits per heavy atom. The van der Waals surface area contributed by atoms with E-state index in [4.69, 9.17) is 0 Å². The average molecular weight is 313 g/mol. The fraction of sp³-hybridized carbons (Fsp3) is 0.308. The lowest BCUT2D eigenvalue weighted by Crippen LogP contribution is -2.14. The first-order valence-corrected chi connectivity index (χ1v) is 6.24. The number of halogens is 3. The molecule has 0 aromatic carbocycles. The van der Waals surface area contributed by atoms with Crippen molar-refractivity contribution in [2.45, 2.75) is 6.18 Å². The number of carbonyl (C=O) groups is 1. The molecule has 0 unspecified atom stereocenters. The van der Waals surface area contributed by atoms with Crippen molar-refractivity contribution in [3.63, 3.8) is 0 Å². The first kappa shape index (κ1) is 15.8. The lowest BCUT2D eigenvalue weighted by Gasteiger charge is -2.10. The third-order valence-corrected chi connectivity index (χ3v) is 2.88. The quantitative estimate of drug-likeness (QED) is 0.943. The third-order valence-electron chi connectivity index (χ3n) is 2.88. The zero-order chi connectivity index (χ0) is 16.5. The molecule has 9 heteroatoms. The minimum atomic E-state index is -4.53. The van der Waals surface area contributed by atoms with Crippen LogP contribution in [-0.4, -0.2) is 34.8 Å². The van der Waals surface area contributed by atoms with Crippen LogP contribution in [-0.2, 0) is 13.2 Å². The highest BCUT2D eigenvalue weighted by Gasteiger charge is 2.35. The molecule has 2 aromatic rings. The summed E-state index contributed by atoms with van der Waals surface area (Å²) in [6.45, 7) is 0. The van der Waals surface area contributed by atoms with E-state index >= 15 is 0 Å². The highest BCUT2D eigenvalue weighted by atomic mass is 19.4. The zero-order valence-electron chi connectivity index (χ0n) is 12.1. The zero-order valence-corrected chi connectivity index (χ0v) is 12.1. The summed E-state index contributed by atoms with van der Waals surface area (Å²) in [5.74, 6) is -0.0881. The highest BCUT2D eigenvalue weighted by Crippen LogP contribution is 2.30. The molecule has 2 aromatic heterocycles. The molecular weight excluding hydrogens is 299 g/mol. The maximum absolute atomic E-state index is 12.7. The van der Waals surface area contributed by atoms with Gasteiger partial charge in [-0.25, -0.2) is 4.98 Å². The molecule has 2 heterocycles. The van der Waals surface area contributed by atoms with E-state index in [2.05, 4.69) is 15.4 Å². The van der Waals surface area contributed by atoms with Crippen LogP contribution < -0.4 is 10.2 Å². The molecule has 6 nitrogen and oxygen atoms in total. The van der Waals surface area contributed by atoms with Gasteiger partial charge < -0.3 is 10.2 Å². The van der Waals surface area contributed by atoms with Crippen molar-refractivity contribution in [1.82, 2.24) is 14.8 Å². The van der Waals surface area contributed by atoms with Crippen LogP contribution in [0.15, 0.2) is 24.4 Å². The highest BCUT2D eigenvalue weighted by molar-refractivity contribution is 6.03. The summed E-state index contributed by atoms with van der Waals surface area (Å²) in [5.41, 5.74) is -0.714. The van der Waals surface area contributed by atoms with Gasteiger partial charge >= 0.3 is 6.18 Å². The van der Waals surface area contributed by atoms with E-state index in [-0.39, 0.29) is 11.4 Å². The predicted octanol–water partition coefficient (Wildman–Crippen LogP) is 2.15. The SMILES string of the molecule is CN(C)c1ccc(C(=O)Nc2cc(C(F)(F)F)n(C)n2)cn1. The molecular formula is C13H14F3N5O. The van der Waals surface area contributed by atoms with Gasteiger partial charge in [-0.15, -0.1) is 0 Å². The van der Waals surface area contributed by atoms with E-state index in [9.17, 15) is 18.0 Å². The number of nitrogens with one attached hydrogen (secondary N) is 1. The molecule has 22 heavy (non-hydrogen) atoms. The molecule has 0 radical (unpaired) electrons. The van der Waals surface area contributed by atoms with Crippen LogP contribution in [0.2, 0.25) is 0 Å². The number of hydrogen-bond donors (Lipinski definition) is 1. The van der Waals surface area contributed by atoms with E-state index in [0.29, 0.717) is 10.5 Å². The number of aromatic nitrogens is 3. The Balaban J connectivity index is 2.15. The van der Waals surface area contributed by atoms with Crippen LogP contribution in [0.4, 0.5) is 24.8 Å². The van der Waals surface area contributed by atoms with Gasteiger partial charge in [0.2, 0.25) is 0 Å². The van der Waals surface area contributed by atoms with Crippen LogP contribution in [0.1, 0.15) is 16.1 Å². The average Bonchev–Trinajstić information content (AvgIpc) is 2.79. The van der Waals surface area contributed by atoms with E-state index in [1.54, 1.807) is 25.1 Å². The first-order chi connectivity index (χ1) is 10.2. The number of pyridine rings is 1. The number of nitrogens with zero attached hydrogens (tertiary/aromatic N) is 4. The van der Waals surface area contributed by atoms with Crippen molar-refractivity contribution >= 4 is 17.5 Å². The second-order valence-electron chi connectivity index (χ2n) is 4.79. The minimum absolute atomic E-state index is 0.170. The Hall–Kier alpha value is -2.58. The Kier molecular flexibility index (Phi) is 4.07. The minimum Gasteiger partial charge on any atom is -0.363 e. The fourth-order valence-electron chi connectivity index (χ4n) is 1.77. The number of alkyl halides is 3. The fourth-order valence-corrected chi connectivity index (χ4v) is 1.77. The van der Waals surface area contributed by atoms with Gasteiger partial charge in [-0.2, -0.15) is 18.3 Å². The van der Waals surface area contributed by atoms with Gasteiger partial charge in [0.25, 0.3) is 5.91 Å². The van der Waals surface area contributed by atoms with Gasteiger partial charge in [-0.3, -0.25) is 9.48 Å². The summed E-state index contributed by atoms with van der Waals surface area (Å²) < 4.78 is 38.6. The monoisotopic (exact) mass is 313 g/mol. The van der Waals surface area contributed by atoms with Crippen LogP contribution >= 0.6 is 0 Å². The van der Waals surface area contributed by atoms with Gasteiger partial charge in [0, 0.05) is 33.4 Å². The molecule has 0 bridgehead atoms. The molecule has 2 rings (SSSR count). The summed E-state index contributed by atoms with van der Waals surface area (Å²) in [7, 11) is 4.76. The van der Waals surface area contributed by atoms with Crippen LogP contribution in [0, 0.1) is 0 Å². The molecule has 118 valence electrons. The van der Waals surface area contributed by atoms with Crippen molar-refractivity contribution in [1.29, 1.82) is 0 Å². The molecule has 0 aliphatic rings. The van der Waals surface area contributed by atoms with Gasteiger partial charge in [0.1, 0.15) is 11.5 Å². The van der Waals surface area contributed by atoms with Gasteiger partial charge in [-0.05, 0) is 12.1 Å². The van der Waals surface area contributed by atoms with Gasteiger partial charge in [-0.1, -0.05) is 0 Å². The van der Waals surface area contributed by atoms with E-state index < -0.39 is 17.8 Å². The number of anilines is 2. The second-order valence-corrected chi connectivity index (χ2v) is 4.79. The molecule has 0 saturated heterocycles. The Labute approximate surface area is 124 Å². The number of hydrogen-bond acceptors (Lipinski definition) is 4. The van der Waals surface area contributed by atoms with Gasteiger partial charge in [0.05, 0.1) is 5.56 Å². The molecule has 0 atom stereocenters. The summed E-state index contributed by atoms with van der Waals surface area (Å²) >= 11 is 0. The van der Waals surface area contributed by atoms with Crippen molar-refractivity contribution < 1.29 is 18.0 Å². The van der Waals surface area contributed by atoms with E-state index in [0.717, 1.165) is 13.1 Å². The number of carbonyl (C=O) groups excluding carboxylic acids is 1. The topological polar surface area (TPSA) is 63.1 Å². The number of aryl methyl sites for hydroxylation is 1. The Morgan fingerprint density at radius 1 is 1.32 bits per heavy atom. The number of rotatable bonds is 3. The smallest absolute Gasteiger partial charge is 0.363 e. The lowest BCUT2D eigenvalue weighted by molar-refractivity contribution is -0.143. The summed E-state index contributed by atoms with van der Waals surface area (Å²) in [4.78, 5) is 17.8. The maximum atomic E-state index is 12.7. The van der Waals surface area contributed by atoms with Crippen LogP contribution in [0.25, 0.3) is 0 Å². The van der Waals surface area contributed by atoms with Crippen LogP contribution in [0.5, 0.6) is 0 Å².